The number of benzene rings is 2. The number of carbonyl (C=O) groups excluding carboxylic acids is 1. The number of ether oxygens (including phenoxy) is 1. The summed E-state index contributed by atoms with van der Waals surface area (Å²) in [6.07, 6.45) is 0. The van der Waals surface area contributed by atoms with Crippen LogP contribution < -0.4 is 10.1 Å². The third-order valence-corrected chi connectivity index (χ3v) is 3.42. The summed E-state index contributed by atoms with van der Waals surface area (Å²) in [5.74, 6) is 0.142. The van der Waals surface area contributed by atoms with Gasteiger partial charge in [-0.25, -0.2) is 0 Å². The van der Waals surface area contributed by atoms with Crippen LogP contribution in [0.15, 0.2) is 46.9 Å². The molecule has 1 N–H and O–H groups in total. The van der Waals surface area contributed by atoms with Gasteiger partial charge in [-0.05, 0) is 40.2 Å². The number of carbonyl (C=O) groups is 1. The molecule has 0 aliphatic carbocycles. The number of halogens is 1. The summed E-state index contributed by atoms with van der Waals surface area (Å²) in [5.41, 5.74) is 1.21. The molecule has 2 rings (SSSR count). The van der Waals surface area contributed by atoms with Crippen molar-refractivity contribution in [3.05, 3.63) is 58.1 Å². The molecule has 0 saturated carbocycles. The van der Waals surface area contributed by atoms with E-state index in [1.54, 1.807) is 36.4 Å². The van der Waals surface area contributed by atoms with Gasteiger partial charge in [0, 0.05) is 4.47 Å². The standard InChI is InChI=1S/C15H11BrN2O2/c1-20-13-8-4-5-10(9-17)14(13)18-15(19)11-6-2-3-7-12(11)16/h2-8H,1H3,(H,18,19). The van der Waals surface area contributed by atoms with Gasteiger partial charge in [-0.1, -0.05) is 18.2 Å². The predicted molar refractivity (Wildman–Crippen MR) is 79.8 cm³/mol. The summed E-state index contributed by atoms with van der Waals surface area (Å²) >= 11 is 3.32. The summed E-state index contributed by atoms with van der Waals surface area (Å²) in [7, 11) is 1.49. The van der Waals surface area contributed by atoms with Crippen molar-refractivity contribution in [2.24, 2.45) is 0 Å². The van der Waals surface area contributed by atoms with Crippen LogP contribution in [-0.4, -0.2) is 13.0 Å². The van der Waals surface area contributed by atoms with E-state index in [1.165, 1.54) is 7.11 Å². The van der Waals surface area contributed by atoms with E-state index in [4.69, 9.17) is 10.00 Å². The van der Waals surface area contributed by atoms with Crippen molar-refractivity contribution in [2.75, 3.05) is 12.4 Å². The van der Waals surface area contributed by atoms with E-state index in [0.717, 1.165) is 0 Å². The molecule has 0 spiro atoms. The van der Waals surface area contributed by atoms with Crippen LogP contribution in [0.2, 0.25) is 0 Å². The molecule has 0 aromatic heterocycles. The molecule has 2 aromatic rings. The largest absolute Gasteiger partial charge is 0.495 e. The molecule has 0 heterocycles. The molecule has 0 atom stereocenters. The van der Waals surface area contributed by atoms with Crippen molar-refractivity contribution in [1.29, 1.82) is 5.26 Å². The zero-order chi connectivity index (χ0) is 14.5. The molecule has 0 aliphatic rings. The Labute approximate surface area is 125 Å². The second-order valence-electron chi connectivity index (χ2n) is 3.93. The average Bonchev–Trinajstić information content (AvgIpc) is 2.47. The Bertz CT molecular complexity index is 693. The third-order valence-electron chi connectivity index (χ3n) is 2.72. The smallest absolute Gasteiger partial charge is 0.256 e. The number of nitrogens with one attached hydrogen (secondary N) is 1. The van der Waals surface area contributed by atoms with Crippen molar-refractivity contribution in [3.63, 3.8) is 0 Å². The van der Waals surface area contributed by atoms with E-state index >= 15 is 0 Å². The van der Waals surface area contributed by atoms with E-state index in [9.17, 15) is 4.79 Å². The van der Waals surface area contributed by atoms with Gasteiger partial charge in [-0.15, -0.1) is 0 Å². The van der Waals surface area contributed by atoms with Crippen LogP contribution in [0.1, 0.15) is 15.9 Å². The van der Waals surface area contributed by atoms with Crippen LogP contribution in [0, 0.1) is 11.3 Å². The fourth-order valence-corrected chi connectivity index (χ4v) is 2.21. The molecule has 2 aromatic carbocycles. The number of nitrogens with zero attached hydrogens (tertiary/aromatic N) is 1. The number of rotatable bonds is 3. The number of methoxy groups -OCH3 is 1. The average molecular weight is 331 g/mol. The van der Waals surface area contributed by atoms with Crippen LogP contribution in [0.3, 0.4) is 0 Å². The highest BCUT2D eigenvalue weighted by molar-refractivity contribution is 9.10. The van der Waals surface area contributed by atoms with Gasteiger partial charge < -0.3 is 10.1 Å². The SMILES string of the molecule is COc1cccc(C#N)c1NC(=O)c1ccccc1Br. The Hall–Kier alpha value is -2.32. The Balaban J connectivity index is 2.38. The number of hydrogen-bond donors (Lipinski definition) is 1. The topological polar surface area (TPSA) is 62.1 Å². The van der Waals surface area contributed by atoms with Gasteiger partial charge in [-0.3, -0.25) is 4.79 Å². The van der Waals surface area contributed by atoms with Gasteiger partial charge in [0.05, 0.1) is 18.2 Å². The lowest BCUT2D eigenvalue weighted by atomic mass is 10.1. The molecule has 100 valence electrons. The quantitative estimate of drug-likeness (QED) is 0.935. The zero-order valence-corrected chi connectivity index (χ0v) is 12.3. The number of nitriles is 1. The zero-order valence-electron chi connectivity index (χ0n) is 10.7. The molecule has 0 bridgehead atoms. The molecule has 0 fully saturated rings. The van der Waals surface area contributed by atoms with Crippen LogP contribution in [0.25, 0.3) is 0 Å². The van der Waals surface area contributed by atoms with Gasteiger partial charge in [0.25, 0.3) is 5.91 Å². The first-order chi connectivity index (χ1) is 9.67. The molecule has 4 nitrogen and oxygen atoms in total. The molecule has 1 amide bonds. The minimum absolute atomic E-state index is 0.307. The molecular formula is C15H11BrN2O2. The fraction of sp³-hybridized carbons (Fsp3) is 0.0667. The van der Waals surface area contributed by atoms with Gasteiger partial charge >= 0.3 is 0 Å². The van der Waals surface area contributed by atoms with Crippen LogP contribution in [0.4, 0.5) is 5.69 Å². The van der Waals surface area contributed by atoms with Crippen molar-refractivity contribution in [2.45, 2.75) is 0 Å². The maximum atomic E-state index is 12.3. The normalized spacial score (nSPS) is 9.65. The second-order valence-corrected chi connectivity index (χ2v) is 4.78. The van der Waals surface area contributed by atoms with Crippen molar-refractivity contribution in [1.82, 2.24) is 0 Å². The van der Waals surface area contributed by atoms with Crippen LogP contribution >= 0.6 is 15.9 Å². The molecule has 0 saturated heterocycles. The summed E-state index contributed by atoms with van der Waals surface area (Å²) < 4.78 is 5.86. The second kappa shape index (κ2) is 6.22. The van der Waals surface area contributed by atoms with Crippen LogP contribution in [-0.2, 0) is 0 Å². The minimum atomic E-state index is -0.307. The lowest BCUT2D eigenvalue weighted by Gasteiger charge is -2.12. The van der Waals surface area contributed by atoms with E-state index in [2.05, 4.69) is 21.2 Å². The first-order valence-electron chi connectivity index (χ1n) is 5.80. The summed E-state index contributed by atoms with van der Waals surface area (Å²) in [5, 5.41) is 11.8. The maximum Gasteiger partial charge on any atom is 0.256 e. The number of amides is 1. The Morgan fingerprint density at radius 3 is 2.65 bits per heavy atom. The monoisotopic (exact) mass is 330 g/mol. The minimum Gasteiger partial charge on any atom is -0.495 e. The lowest BCUT2D eigenvalue weighted by Crippen LogP contribution is -2.14. The first-order valence-corrected chi connectivity index (χ1v) is 6.59. The molecule has 5 heteroatoms. The number of hydrogen-bond acceptors (Lipinski definition) is 3. The Kier molecular flexibility index (Phi) is 4.38. The molecule has 0 unspecified atom stereocenters. The van der Waals surface area contributed by atoms with E-state index in [-0.39, 0.29) is 5.91 Å². The van der Waals surface area contributed by atoms with Gasteiger partial charge in [-0.2, -0.15) is 5.26 Å². The highest BCUT2D eigenvalue weighted by atomic mass is 79.9. The van der Waals surface area contributed by atoms with Crippen molar-refractivity contribution >= 4 is 27.5 Å². The fourth-order valence-electron chi connectivity index (χ4n) is 1.75. The number of para-hydroxylation sites is 1. The van der Waals surface area contributed by atoms with Crippen molar-refractivity contribution < 1.29 is 9.53 Å². The van der Waals surface area contributed by atoms with E-state index < -0.39 is 0 Å². The van der Waals surface area contributed by atoms with E-state index in [0.29, 0.717) is 27.0 Å². The highest BCUT2D eigenvalue weighted by Gasteiger charge is 2.15. The van der Waals surface area contributed by atoms with E-state index in [1.807, 2.05) is 12.1 Å². The lowest BCUT2D eigenvalue weighted by molar-refractivity contribution is 0.102. The Morgan fingerprint density at radius 1 is 1.25 bits per heavy atom. The summed E-state index contributed by atoms with van der Waals surface area (Å²) in [6.45, 7) is 0. The highest BCUT2D eigenvalue weighted by Crippen LogP contribution is 2.29. The summed E-state index contributed by atoms with van der Waals surface area (Å²) in [6, 6.07) is 14.1. The van der Waals surface area contributed by atoms with Gasteiger partial charge in [0.1, 0.15) is 17.5 Å². The number of anilines is 1. The van der Waals surface area contributed by atoms with Gasteiger partial charge in [0.2, 0.25) is 0 Å². The third kappa shape index (κ3) is 2.81. The summed E-state index contributed by atoms with van der Waals surface area (Å²) in [4.78, 5) is 12.3. The molecule has 20 heavy (non-hydrogen) atoms. The predicted octanol–water partition coefficient (Wildman–Crippen LogP) is 3.58. The Morgan fingerprint density at radius 2 is 2.00 bits per heavy atom. The van der Waals surface area contributed by atoms with Crippen LogP contribution in [0.5, 0.6) is 5.75 Å². The first kappa shape index (κ1) is 14.1. The molecule has 0 radical (unpaired) electrons. The maximum absolute atomic E-state index is 12.3. The molecule has 0 aliphatic heterocycles. The van der Waals surface area contributed by atoms with Gasteiger partial charge in [0.15, 0.2) is 0 Å². The molecular weight excluding hydrogens is 320 g/mol. The van der Waals surface area contributed by atoms with Crippen molar-refractivity contribution in [3.8, 4) is 11.8 Å².